The van der Waals surface area contributed by atoms with Gasteiger partial charge in [-0.2, -0.15) is 4.91 Å². The van der Waals surface area contributed by atoms with Crippen LogP contribution in [-0.2, 0) is 0 Å². The van der Waals surface area contributed by atoms with Crippen LogP contribution in [0.2, 0.25) is 0 Å². The van der Waals surface area contributed by atoms with Crippen molar-refractivity contribution in [1.82, 2.24) is 0 Å². The molecule has 0 aromatic carbocycles. The summed E-state index contributed by atoms with van der Waals surface area (Å²) in [5.41, 5.74) is 0.222. The molecule has 1 aliphatic rings. The highest BCUT2D eigenvalue weighted by Gasteiger charge is 2.30. The van der Waals surface area contributed by atoms with Gasteiger partial charge in [-0.3, -0.25) is 0 Å². The summed E-state index contributed by atoms with van der Waals surface area (Å²) in [6.07, 6.45) is 4.96. The zero-order valence-corrected chi connectivity index (χ0v) is 7.47. The predicted molar refractivity (Wildman–Crippen MR) is 46.4 cm³/mol. The Bertz CT molecular complexity index is 146. The molecule has 0 aromatic rings. The summed E-state index contributed by atoms with van der Waals surface area (Å²) in [4.78, 5) is 10.1. The van der Waals surface area contributed by atoms with E-state index < -0.39 is 0 Å². The van der Waals surface area contributed by atoms with Gasteiger partial charge in [-0.1, -0.05) is 31.9 Å². The van der Waals surface area contributed by atoms with Crippen molar-refractivity contribution in [3.63, 3.8) is 0 Å². The highest BCUT2D eigenvalue weighted by atomic mass is 16.3. The number of hydrogen-bond donors (Lipinski definition) is 0. The molecule has 2 atom stereocenters. The monoisotopic (exact) mass is 155 g/mol. The van der Waals surface area contributed by atoms with Gasteiger partial charge in [0, 0.05) is 0 Å². The van der Waals surface area contributed by atoms with Crippen molar-refractivity contribution in [1.29, 1.82) is 0 Å². The van der Waals surface area contributed by atoms with Crippen LogP contribution >= 0.6 is 0 Å². The lowest BCUT2D eigenvalue weighted by Gasteiger charge is -2.34. The van der Waals surface area contributed by atoms with Crippen LogP contribution in [0, 0.1) is 16.2 Å². The van der Waals surface area contributed by atoms with Gasteiger partial charge in [0.15, 0.2) is 0 Å². The standard InChI is InChI=1S/C9H17NO/c1-8-4-3-5-9(2,6-8)7-10-11/h8H,3-7H2,1-2H3. The van der Waals surface area contributed by atoms with E-state index in [-0.39, 0.29) is 5.41 Å². The van der Waals surface area contributed by atoms with E-state index in [1.165, 1.54) is 25.7 Å². The third-order valence-electron chi connectivity index (χ3n) is 2.76. The van der Waals surface area contributed by atoms with Gasteiger partial charge >= 0.3 is 0 Å². The lowest BCUT2D eigenvalue weighted by Crippen LogP contribution is -2.27. The smallest absolute Gasteiger partial charge is 0.0864 e. The molecule has 0 amide bonds. The molecule has 1 rings (SSSR count). The Kier molecular flexibility index (Phi) is 2.63. The van der Waals surface area contributed by atoms with Gasteiger partial charge in [0.1, 0.15) is 0 Å². The van der Waals surface area contributed by atoms with E-state index in [0.717, 1.165) is 5.92 Å². The lowest BCUT2D eigenvalue weighted by atomic mass is 9.71. The SMILES string of the molecule is CC1CCCC(C)(CN=O)C1. The van der Waals surface area contributed by atoms with Crippen LogP contribution in [0.25, 0.3) is 0 Å². The molecule has 64 valence electrons. The zero-order valence-electron chi connectivity index (χ0n) is 7.47. The molecule has 0 spiro atoms. The van der Waals surface area contributed by atoms with Crippen LogP contribution < -0.4 is 0 Å². The van der Waals surface area contributed by atoms with Crippen LogP contribution in [0.4, 0.5) is 0 Å². The first-order valence-electron chi connectivity index (χ1n) is 4.45. The first kappa shape index (κ1) is 8.69. The summed E-state index contributed by atoms with van der Waals surface area (Å²) in [5, 5.41) is 3.02. The molecule has 0 aliphatic heterocycles. The molecule has 1 fully saturated rings. The molecule has 0 saturated heterocycles. The fourth-order valence-electron chi connectivity index (χ4n) is 2.22. The van der Waals surface area contributed by atoms with Crippen LogP contribution in [0.3, 0.4) is 0 Å². The normalized spacial score (nSPS) is 38.5. The van der Waals surface area contributed by atoms with Crippen molar-refractivity contribution in [3.05, 3.63) is 4.91 Å². The van der Waals surface area contributed by atoms with Gasteiger partial charge in [0.2, 0.25) is 0 Å². The minimum atomic E-state index is 0.222. The van der Waals surface area contributed by atoms with E-state index in [4.69, 9.17) is 0 Å². The molecule has 0 aromatic heterocycles. The maximum atomic E-state index is 10.1. The van der Waals surface area contributed by atoms with Crippen LogP contribution in [0.1, 0.15) is 39.5 Å². The molecule has 11 heavy (non-hydrogen) atoms. The molecule has 1 saturated carbocycles. The van der Waals surface area contributed by atoms with Crippen molar-refractivity contribution in [2.75, 3.05) is 6.54 Å². The first-order chi connectivity index (χ1) is 5.16. The van der Waals surface area contributed by atoms with Crippen molar-refractivity contribution in [3.8, 4) is 0 Å². The van der Waals surface area contributed by atoms with Gasteiger partial charge < -0.3 is 0 Å². The minimum Gasteiger partial charge on any atom is -0.151 e. The van der Waals surface area contributed by atoms with Gasteiger partial charge in [0.25, 0.3) is 0 Å². The van der Waals surface area contributed by atoms with E-state index in [2.05, 4.69) is 19.0 Å². The third-order valence-corrected chi connectivity index (χ3v) is 2.76. The molecule has 0 bridgehead atoms. The summed E-state index contributed by atoms with van der Waals surface area (Å²) < 4.78 is 0. The molecular formula is C9H17NO. The van der Waals surface area contributed by atoms with Crippen molar-refractivity contribution in [2.24, 2.45) is 16.5 Å². The fraction of sp³-hybridized carbons (Fsp3) is 1.00. The Morgan fingerprint density at radius 1 is 1.64 bits per heavy atom. The van der Waals surface area contributed by atoms with Gasteiger partial charge in [-0.15, -0.1) is 0 Å². The van der Waals surface area contributed by atoms with Crippen LogP contribution in [0.15, 0.2) is 5.18 Å². The quantitative estimate of drug-likeness (QED) is 0.564. The average Bonchev–Trinajstić information content (AvgIpc) is 1.86. The van der Waals surface area contributed by atoms with Crippen molar-refractivity contribution in [2.45, 2.75) is 39.5 Å². The maximum absolute atomic E-state index is 10.1. The number of nitrogens with zero attached hydrogens (tertiary/aromatic N) is 1. The van der Waals surface area contributed by atoms with E-state index in [0.29, 0.717) is 6.54 Å². The highest BCUT2D eigenvalue weighted by molar-refractivity contribution is 4.82. The highest BCUT2D eigenvalue weighted by Crippen LogP contribution is 2.38. The molecule has 0 N–H and O–H groups in total. The molecule has 1 aliphatic carbocycles. The van der Waals surface area contributed by atoms with Gasteiger partial charge in [-0.05, 0) is 24.2 Å². The number of hydrogen-bond acceptors (Lipinski definition) is 2. The van der Waals surface area contributed by atoms with Crippen LogP contribution in [0.5, 0.6) is 0 Å². The molecule has 2 heteroatoms. The summed E-state index contributed by atoms with van der Waals surface area (Å²) in [7, 11) is 0. The number of nitroso groups, excluding NO2 is 1. The van der Waals surface area contributed by atoms with Gasteiger partial charge in [-0.25, -0.2) is 0 Å². The molecular weight excluding hydrogens is 138 g/mol. The van der Waals surface area contributed by atoms with Crippen molar-refractivity contribution >= 4 is 0 Å². The van der Waals surface area contributed by atoms with E-state index in [1.54, 1.807) is 0 Å². The molecule has 0 radical (unpaired) electrons. The zero-order chi connectivity index (χ0) is 8.32. The summed E-state index contributed by atoms with van der Waals surface area (Å²) in [6.45, 7) is 4.96. The largest absolute Gasteiger partial charge is 0.151 e. The Morgan fingerprint density at radius 3 is 2.91 bits per heavy atom. The predicted octanol–water partition coefficient (Wildman–Crippen LogP) is 2.97. The lowest BCUT2D eigenvalue weighted by molar-refractivity contribution is 0.177. The summed E-state index contributed by atoms with van der Waals surface area (Å²) in [5.74, 6) is 0.787. The fourth-order valence-corrected chi connectivity index (χ4v) is 2.22. The Balaban J connectivity index is 2.47. The summed E-state index contributed by atoms with van der Waals surface area (Å²) >= 11 is 0. The maximum Gasteiger partial charge on any atom is 0.0864 e. The Labute approximate surface area is 68.3 Å². The molecule has 0 heterocycles. The van der Waals surface area contributed by atoms with E-state index in [9.17, 15) is 4.91 Å². The summed E-state index contributed by atoms with van der Waals surface area (Å²) in [6, 6.07) is 0. The van der Waals surface area contributed by atoms with Gasteiger partial charge in [0.05, 0.1) is 6.54 Å². The van der Waals surface area contributed by atoms with E-state index in [1.807, 2.05) is 0 Å². The second-order valence-electron chi connectivity index (χ2n) is 4.30. The topological polar surface area (TPSA) is 29.4 Å². The Hall–Kier alpha value is -0.400. The molecule has 2 unspecified atom stereocenters. The Morgan fingerprint density at radius 2 is 2.36 bits per heavy atom. The van der Waals surface area contributed by atoms with E-state index >= 15 is 0 Å². The number of rotatable bonds is 2. The second-order valence-corrected chi connectivity index (χ2v) is 4.30. The second kappa shape index (κ2) is 3.33. The third kappa shape index (κ3) is 2.28. The van der Waals surface area contributed by atoms with Crippen LogP contribution in [-0.4, -0.2) is 6.54 Å². The average molecular weight is 155 g/mol. The van der Waals surface area contributed by atoms with Crippen molar-refractivity contribution < 1.29 is 0 Å². The molecule has 2 nitrogen and oxygen atoms in total. The minimum absolute atomic E-state index is 0.222. The first-order valence-corrected chi connectivity index (χ1v) is 4.45.